The highest BCUT2D eigenvalue weighted by molar-refractivity contribution is 5.67. The van der Waals surface area contributed by atoms with E-state index in [-0.39, 0.29) is 23.1 Å². The lowest BCUT2D eigenvalue weighted by atomic mass is 10.3. The summed E-state index contributed by atoms with van der Waals surface area (Å²) in [5.41, 5.74) is 5.65. The fourth-order valence-corrected chi connectivity index (χ4v) is 1.56. The van der Waals surface area contributed by atoms with Gasteiger partial charge in [0, 0.05) is 11.8 Å². The second-order valence-electron chi connectivity index (χ2n) is 3.89. The number of nitro groups is 1. The summed E-state index contributed by atoms with van der Waals surface area (Å²) in [7, 11) is 0. The van der Waals surface area contributed by atoms with Crippen molar-refractivity contribution >= 4 is 23.0 Å². The quantitative estimate of drug-likeness (QED) is 0.649. The fraction of sp³-hybridized carbons (Fsp3) is 0.0833. The zero-order valence-electron chi connectivity index (χ0n) is 10.5. The second-order valence-corrected chi connectivity index (χ2v) is 3.89. The van der Waals surface area contributed by atoms with Gasteiger partial charge in [0.1, 0.15) is 11.6 Å². The number of halogens is 2. The zero-order valence-corrected chi connectivity index (χ0v) is 10.5. The second kappa shape index (κ2) is 5.99. The van der Waals surface area contributed by atoms with Crippen molar-refractivity contribution < 1.29 is 18.4 Å². The van der Waals surface area contributed by atoms with Gasteiger partial charge in [-0.15, -0.1) is 0 Å². The SMILES string of the molecule is Nc1ccc([N+](=O)[O-])c(Nc2ccc(OC(F)F)cc2)n1. The van der Waals surface area contributed by atoms with E-state index in [9.17, 15) is 18.9 Å². The molecule has 0 saturated carbocycles. The molecule has 2 aromatic rings. The molecule has 0 radical (unpaired) electrons. The van der Waals surface area contributed by atoms with Gasteiger partial charge >= 0.3 is 12.3 Å². The van der Waals surface area contributed by atoms with Gasteiger partial charge in [0.15, 0.2) is 0 Å². The van der Waals surface area contributed by atoms with Gasteiger partial charge in [0.05, 0.1) is 4.92 Å². The van der Waals surface area contributed by atoms with E-state index in [4.69, 9.17) is 5.73 Å². The Kier molecular flexibility index (Phi) is 4.12. The number of nitrogen functional groups attached to an aromatic ring is 1. The molecule has 0 bridgehead atoms. The first-order valence-corrected chi connectivity index (χ1v) is 5.68. The molecule has 1 heterocycles. The third-order valence-corrected chi connectivity index (χ3v) is 2.43. The van der Waals surface area contributed by atoms with E-state index in [1.807, 2.05) is 0 Å². The highest BCUT2D eigenvalue weighted by Gasteiger charge is 2.15. The minimum atomic E-state index is -2.92. The van der Waals surface area contributed by atoms with Crippen molar-refractivity contribution in [3.63, 3.8) is 0 Å². The van der Waals surface area contributed by atoms with E-state index in [0.29, 0.717) is 5.69 Å². The van der Waals surface area contributed by atoms with Crippen LogP contribution in [0.4, 0.5) is 31.8 Å². The Bertz CT molecular complexity index is 649. The first kappa shape index (κ1) is 14.4. The van der Waals surface area contributed by atoms with Crippen LogP contribution in [-0.2, 0) is 0 Å². The van der Waals surface area contributed by atoms with Crippen LogP contribution >= 0.6 is 0 Å². The van der Waals surface area contributed by atoms with Crippen molar-refractivity contribution in [3.05, 3.63) is 46.5 Å². The van der Waals surface area contributed by atoms with Crippen LogP contribution in [-0.4, -0.2) is 16.5 Å². The molecule has 0 aliphatic heterocycles. The van der Waals surface area contributed by atoms with Gasteiger partial charge in [0.25, 0.3) is 0 Å². The van der Waals surface area contributed by atoms with Gasteiger partial charge in [-0.3, -0.25) is 10.1 Å². The number of hydrogen-bond donors (Lipinski definition) is 2. The number of benzene rings is 1. The van der Waals surface area contributed by atoms with Crippen molar-refractivity contribution in [3.8, 4) is 5.75 Å². The monoisotopic (exact) mass is 296 g/mol. The summed E-state index contributed by atoms with van der Waals surface area (Å²) >= 11 is 0. The summed E-state index contributed by atoms with van der Waals surface area (Å²) in [6.45, 7) is -2.92. The number of nitrogens with zero attached hydrogens (tertiary/aromatic N) is 2. The maximum Gasteiger partial charge on any atom is 0.387 e. The summed E-state index contributed by atoms with van der Waals surface area (Å²) in [6, 6.07) is 7.97. The molecule has 0 spiro atoms. The van der Waals surface area contributed by atoms with Crippen LogP contribution in [0.1, 0.15) is 0 Å². The van der Waals surface area contributed by atoms with Gasteiger partial charge in [-0.2, -0.15) is 8.78 Å². The van der Waals surface area contributed by atoms with Gasteiger partial charge in [-0.05, 0) is 30.3 Å². The summed E-state index contributed by atoms with van der Waals surface area (Å²) in [5, 5.41) is 13.6. The van der Waals surface area contributed by atoms with Gasteiger partial charge in [-0.1, -0.05) is 0 Å². The van der Waals surface area contributed by atoms with E-state index < -0.39 is 11.5 Å². The molecule has 9 heteroatoms. The topological polar surface area (TPSA) is 103 Å². The Hall–Kier alpha value is -2.97. The maximum absolute atomic E-state index is 12.0. The normalized spacial score (nSPS) is 10.4. The number of anilines is 3. The lowest BCUT2D eigenvalue weighted by Crippen LogP contribution is -2.03. The summed E-state index contributed by atoms with van der Waals surface area (Å²) in [5.74, 6) is 0.0499. The molecule has 0 aliphatic carbocycles. The number of ether oxygens (including phenoxy) is 1. The number of rotatable bonds is 5. The van der Waals surface area contributed by atoms with Crippen LogP contribution in [0.5, 0.6) is 5.75 Å². The Morgan fingerprint density at radius 3 is 2.48 bits per heavy atom. The largest absolute Gasteiger partial charge is 0.435 e. The molecule has 110 valence electrons. The predicted molar refractivity (Wildman–Crippen MR) is 71.7 cm³/mol. The van der Waals surface area contributed by atoms with Gasteiger partial charge < -0.3 is 15.8 Å². The van der Waals surface area contributed by atoms with Crippen LogP contribution in [0, 0.1) is 10.1 Å². The summed E-state index contributed by atoms with van der Waals surface area (Å²) in [6.07, 6.45) is 0. The average molecular weight is 296 g/mol. The van der Waals surface area contributed by atoms with Crippen LogP contribution in [0.25, 0.3) is 0 Å². The number of alkyl halides is 2. The molecular formula is C12H10F2N4O3. The van der Waals surface area contributed by atoms with Crippen molar-refractivity contribution in [1.82, 2.24) is 4.98 Å². The van der Waals surface area contributed by atoms with E-state index in [2.05, 4.69) is 15.0 Å². The van der Waals surface area contributed by atoms with Gasteiger partial charge in [-0.25, -0.2) is 4.98 Å². The molecule has 0 aliphatic rings. The standard InChI is InChI=1S/C12H10F2N4O3/c13-12(14)21-8-3-1-7(2-4-8)16-11-9(18(19)20)5-6-10(15)17-11/h1-6,12H,(H3,15,16,17). The number of hydrogen-bond acceptors (Lipinski definition) is 6. The Morgan fingerprint density at radius 1 is 1.24 bits per heavy atom. The number of pyridine rings is 1. The molecule has 2 rings (SSSR count). The molecule has 1 aromatic carbocycles. The van der Waals surface area contributed by atoms with Crippen LogP contribution in [0.2, 0.25) is 0 Å². The van der Waals surface area contributed by atoms with Crippen molar-refractivity contribution in [2.45, 2.75) is 6.61 Å². The van der Waals surface area contributed by atoms with Gasteiger partial charge in [0.2, 0.25) is 5.82 Å². The first-order valence-electron chi connectivity index (χ1n) is 5.68. The fourth-order valence-electron chi connectivity index (χ4n) is 1.56. The van der Waals surface area contributed by atoms with E-state index in [1.54, 1.807) is 0 Å². The average Bonchev–Trinajstić information content (AvgIpc) is 2.40. The Morgan fingerprint density at radius 2 is 1.90 bits per heavy atom. The number of nitrogens with one attached hydrogen (secondary N) is 1. The van der Waals surface area contributed by atoms with Crippen LogP contribution in [0.15, 0.2) is 36.4 Å². The van der Waals surface area contributed by atoms with Crippen LogP contribution < -0.4 is 15.8 Å². The number of nitrogens with two attached hydrogens (primary N) is 1. The molecule has 0 saturated heterocycles. The maximum atomic E-state index is 12.0. The van der Waals surface area contributed by atoms with E-state index in [1.165, 1.54) is 36.4 Å². The molecule has 0 atom stereocenters. The molecule has 0 amide bonds. The highest BCUT2D eigenvalue weighted by Crippen LogP contribution is 2.27. The lowest BCUT2D eigenvalue weighted by Gasteiger charge is -2.08. The van der Waals surface area contributed by atoms with Crippen molar-refractivity contribution in [2.24, 2.45) is 0 Å². The molecular weight excluding hydrogens is 286 g/mol. The summed E-state index contributed by atoms with van der Waals surface area (Å²) in [4.78, 5) is 14.1. The molecule has 3 N–H and O–H groups in total. The smallest absolute Gasteiger partial charge is 0.387 e. The minimum Gasteiger partial charge on any atom is -0.435 e. The third kappa shape index (κ3) is 3.75. The molecule has 0 unspecified atom stereocenters. The Balaban J connectivity index is 2.22. The number of aromatic nitrogens is 1. The molecule has 7 nitrogen and oxygen atoms in total. The zero-order chi connectivity index (χ0) is 15.4. The minimum absolute atomic E-state index is 0.0226. The molecule has 0 fully saturated rings. The first-order chi connectivity index (χ1) is 9.95. The van der Waals surface area contributed by atoms with E-state index >= 15 is 0 Å². The third-order valence-electron chi connectivity index (χ3n) is 2.43. The Labute approximate surface area is 117 Å². The van der Waals surface area contributed by atoms with Crippen molar-refractivity contribution in [2.75, 3.05) is 11.1 Å². The predicted octanol–water partition coefficient (Wildman–Crippen LogP) is 2.92. The lowest BCUT2D eigenvalue weighted by molar-refractivity contribution is -0.384. The van der Waals surface area contributed by atoms with E-state index in [0.717, 1.165) is 0 Å². The highest BCUT2D eigenvalue weighted by atomic mass is 19.3. The molecule has 1 aromatic heterocycles. The summed E-state index contributed by atoms with van der Waals surface area (Å²) < 4.78 is 28.2. The van der Waals surface area contributed by atoms with Crippen LogP contribution in [0.3, 0.4) is 0 Å². The molecule has 21 heavy (non-hydrogen) atoms. The van der Waals surface area contributed by atoms with Crippen molar-refractivity contribution in [1.29, 1.82) is 0 Å².